The van der Waals surface area contributed by atoms with E-state index in [9.17, 15) is 14.7 Å². The summed E-state index contributed by atoms with van der Waals surface area (Å²) in [5, 5.41) is 11.5. The minimum atomic E-state index is -0.800. The zero-order valence-corrected chi connectivity index (χ0v) is 18.5. The minimum absolute atomic E-state index is 0.0177. The van der Waals surface area contributed by atoms with E-state index in [1.165, 1.54) is 12.0 Å². The smallest absolute Gasteiger partial charge is 0.300 e. The fourth-order valence-electron chi connectivity index (χ4n) is 3.90. The van der Waals surface area contributed by atoms with E-state index in [0.717, 1.165) is 12.0 Å². The van der Waals surface area contributed by atoms with E-state index in [2.05, 4.69) is 0 Å². The molecule has 3 aromatic carbocycles. The second kappa shape index (κ2) is 8.89. The maximum absolute atomic E-state index is 13.2. The number of benzene rings is 3. The summed E-state index contributed by atoms with van der Waals surface area (Å²) in [5.74, 6) is -1.34. The van der Waals surface area contributed by atoms with Crippen LogP contribution in [0.15, 0.2) is 78.4 Å². The highest BCUT2D eigenvalue weighted by molar-refractivity contribution is 6.52. The van der Waals surface area contributed by atoms with Gasteiger partial charge in [0.05, 0.1) is 23.7 Å². The summed E-state index contributed by atoms with van der Waals surface area (Å²) in [7, 11) is 1.50. The molecule has 0 radical (unpaired) electrons. The first-order chi connectivity index (χ1) is 15.5. The summed E-state index contributed by atoms with van der Waals surface area (Å²) < 4.78 is 5.24. The number of halogens is 1. The van der Waals surface area contributed by atoms with Gasteiger partial charge in [-0.15, -0.1) is 0 Å². The minimum Gasteiger partial charge on any atom is -0.507 e. The van der Waals surface area contributed by atoms with Crippen LogP contribution in [0, 0.1) is 0 Å². The Balaban J connectivity index is 1.94. The van der Waals surface area contributed by atoms with Crippen molar-refractivity contribution < 1.29 is 19.4 Å². The van der Waals surface area contributed by atoms with Crippen molar-refractivity contribution in [3.05, 3.63) is 100 Å². The van der Waals surface area contributed by atoms with Gasteiger partial charge < -0.3 is 9.84 Å². The SMILES string of the molecule is CCc1ccc(N2C(=O)C(=O)/C(=C(/O)c3cc(OC)ccc3Cl)C2c2ccccc2)cc1. The third-order valence-corrected chi connectivity index (χ3v) is 5.94. The Hall–Kier alpha value is -3.57. The number of carbonyl (C=O) groups excluding carboxylic acids is 2. The van der Waals surface area contributed by atoms with Gasteiger partial charge >= 0.3 is 0 Å². The fourth-order valence-corrected chi connectivity index (χ4v) is 4.11. The molecule has 0 aliphatic carbocycles. The maximum atomic E-state index is 13.2. The van der Waals surface area contributed by atoms with Gasteiger partial charge in [-0.1, -0.05) is 61.0 Å². The van der Waals surface area contributed by atoms with E-state index in [1.807, 2.05) is 61.5 Å². The normalized spacial score (nSPS) is 17.6. The van der Waals surface area contributed by atoms with Crippen molar-refractivity contribution in [2.24, 2.45) is 0 Å². The van der Waals surface area contributed by atoms with Gasteiger partial charge in [0.2, 0.25) is 0 Å². The number of Topliss-reactive ketones (excluding diaryl/α,β-unsaturated/α-hetero) is 1. The number of methoxy groups -OCH3 is 1. The molecule has 0 aromatic heterocycles. The van der Waals surface area contributed by atoms with Crippen molar-refractivity contribution in [1.82, 2.24) is 0 Å². The highest BCUT2D eigenvalue weighted by atomic mass is 35.5. The van der Waals surface area contributed by atoms with Crippen LogP contribution in [0.1, 0.15) is 29.7 Å². The molecule has 32 heavy (non-hydrogen) atoms. The van der Waals surface area contributed by atoms with Gasteiger partial charge in [-0.2, -0.15) is 0 Å². The lowest BCUT2D eigenvalue weighted by Gasteiger charge is -2.25. The summed E-state index contributed by atoms with van der Waals surface area (Å²) in [6.45, 7) is 2.04. The van der Waals surface area contributed by atoms with Gasteiger partial charge in [-0.25, -0.2) is 0 Å². The molecule has 1 saturated heterocycles. The van der Waals surface area contributed by atoms with Crippen LogP contribution in [0.2, 0.25) is 5.02 Å². The number of nitrogens with zero attached hydrogens (tertiary/aromatic N) is 1. The molecule has 1 aliphatic heterocycles. The van der Waals surface area contributed by atoms with Crippen LogP contribution in [-0.2, 0) is 16.0 Å². The highest BCUT2D eigenvalue weighted by Crippen LogP contribution is 2.43. The third-order valence-electron chi connectivity index (χ3n) is 5.61. The van der Waals surface area contributed by atoms with Crippen LogP contribution in [-0.4, -0.2) is 23.9 Å². The quantitative estimate of drug-likeness (QED) is 0.317. The molecule has 1 heterocycles. The molecule has 6 heteroatoms. The molecule has 162 valence electrons. The van der Waals surface area contributed by atoms with Crippen LogP contribution >= 0.6 is 11.6 Å². The van der Waals surface area contributed by atoms with Gasteiger partial charge in [-0.05, 0) is 47.9 Å². The second-order valence-electron chi connectivity index (χ2n) is 7.45. The van der Waals surface area contributed by atoms with Crippen molar-refractivity contribution in [3.63, 3.8) is 0 Å². The highest BCUT2D eigenvalue weighted by Gasteiger charge is 2.47. The molecule has 0 saturated carbocycles. The number of carbonyl (C=O) groups is 2. The Morgan fingerprint density at radius 2 is 1.72 bits per heavy atom. The molecule has 3 aromatic rings. The van der Waals surface area contributed by atoms with Gasteiger partial charge in [0.15, 0.2) is 0 Å². The molecule has 1 N–H and O–H groups in total. The molecule has 1 fully saturated rings. The lowest BCUT2D eigenvalue weighted by molar-refractivity contribution is -0.132. The van der Waals surface area contributed by atoms with E-state index >= 15 is 0 Å². The Bertz CT molecular complexity index is 1200. The molecule has 1 amide bonds. The molecular weight excluding hydrogens is 426 g/mol. The molecule has 4 rings (SSSR count). The van der Waals surface area contributed by atoms with Crippen molar-refractivity contribution in [3.8, 4) is 5.75 Å². The Morgan fingerprint density at radius 1 is 1.03 bits per heavy atom. The number of aliphatic hydroxyl groups is 1. The summed E-state index contributed by atoms with van der Waals surface area (Å²) in [4.78, 5) is 27.8. The third kappa shape index (κ3) is 3.76. The van der Waals surface area contributed by atoms with Gasteiger partial charge in [0, 0.05) is 11.3 Å². The van der Waals surface area contributed by atoms with Crippen LogP contribution in [0.3, 0.4) is 0 Å². The first-order valence-electron chi connectivity index (χ1n) is 10.2. The van der Waals surface area contributed by atoms with Crippen molar-refractivity contribution in [2.45, 2.75) is 19.4 Å². The molecule has 0 bridgehead atoms. The first-order valence-corrected chi connectivity index (χ1v) is 10.6. The van der Waals surface area contributed by atoms with Crippen molar-refractivity contribution >= 4 is 34.7 Å². The fraction of sp³-hybridized carbons (Fsp3) is 0.154. The lowest BCUT2D eigenvalue weighted by Crippen LogP contribution is -2.29. The predicted octanol–water partition coefficient (Wildman–Crippen LogP) is 5.54. The van der Waals surface area contributed by atoms with E-state index in [0.29, 0.717) is 17.0 Å². The number of ether oxygens (including phenoxy) is 1. The summed E-state index contributed by atoms with van der Waals surface area (Å²) >= 11 is 6.33. The van der Waals surface area contributed by atoms with Crippen molar-refractivity contribution in [2.75, 3.05) is 12.0 Å². The van der Waals surface area contributed by atoms with Crippen LogP contribution in [0.4, 0.5) is 5.69 Å². The van der Waals surface area contributed by atoms with E-state index in [-0.39, 0.29) is 21.9 Å². The van der Waals surface area contributed by atoms with Crippen molar-refractivity contribution in [1.29, 1.82) is 0 Å². The van der Waals surface area contributed by atoms with E-state index in [4.69, 9.17) is 16.3 Å². The monoisotopic (exact) mass is 447 g/mol. The molecule has 1 unspecified atom stereocenters. The Morgan fingerprint density at radius 3 is 2.34 bits per heavy atom. The molecule has 0 spiro atoms. The number of hydrogen-bond donors (Lipinski definition) is 1. The molecule has 1 atom stereocenters. The average molecular weight is 448 g/mol. The number of ketones is 1. The molecule has 5 nitrogen and oxygen atoms in total. The molecular formula is C26H22ClNO4. The number of aliphatic hydroxyl groups excluding tert-OH is 1. The predicted molar refractivity (Wildman–Crippen MR) is 125 cm³/mol. The second-order valence-corrected chi connectivity index (χ2v) is 7.85. The number of rotatable bonds is 5. The van der Waals surface area contributed by atoms with Crippen LogP contribution < -0.4 is 9.64 Å². The largest absolute Gasteiger partial charge is 0.507 e. The van der Waals surface area contributed by atoms with Gasteiger partial charge in [0.25, 0.3) is 11.7 Å². The summed E-state index contributed by atoms with van der Waals surface area (Å²) in [5.41, 5.74) is 2.60. The van der Waals surface area contributed by atoms with E-state index in [1.54, 1.807) is 18.2 Å². The maximum Gasteiger partial charge on any atom is 0.300 e. The Kier molecular flexibility index (Phi) is 6.01. The molecule has 1 aliphatic rings. The summed E-state index contributed by atoms with van der Waals surface area (Å²) in [6, 6.07) is 20.6. The number of aryl methyl sites for hydroxylation is 1. The first kappa shape index (κ1) is 21.7. The zero-order valence-electron chi connectivity index (χ0n) is 17.7. The number of anilines is 1. The van der Waals surface area contributed by atoms with Gasteiger partial charge in [-0.3, -0.25) is 14.5 Å². The standard InChI is InChI=1S/C26H22ClNO4/c1-3-16-9-11-18(12-10-16)28-23(17-7-5-4-6-8-17)22(25(30)26(28)31)24(29)20-15-19(32-2)13-14-21(20)27/h4-15,23,29H,3H2,1-2H3/b24-22+. The van der Waals surface area contributed by atoms with Gasteiger partial charge in [0.1, 0.15) is 11.5 Å². The van der Waals surface area contributed by atoms with Crippen LogP contribution in [0.5, 0.6) is 5.75 Å². The Labute approximate surface area is 191 Å². The summed E-state index contributed by atoms with van der Waals surface area (Å²) in [6.07, 6.45) is 0.857. The van der Waals surface area contributed by atoms with Crippen LogP contribution in [0.25, 0.3) is 5.76 Å². The average Bonchev–Trinajstić information content (AvgIpc) is 3.10. The van der Waals surface area contributed by atoms with E-state index < -0.39 is 17.7 Å². The number of amides is 1. The topological polar surface area (TPSA) is 66.8 Å². The lowest BCUT2D eigenvalue weighted by atomic mass is 9.95. The zero-order chi connectivity index (χ0) is 22.8. The number of hydrogen-bond acceptors (Lipinski definition) is 4.